The zero-order valence-corrected chi connectivity index (χ0v) is 11.8. The van der Waals surface area contributed by atoms with Gasteiger partial charge in [-0.1, -0.05) is 20.8 Å². The summed E-state index contributed by atoms with van der Waals surface area (Å²) in [6.07, 6.45) is 2.50. The summed E-state index contributed by atoms with van der Waals surface area (Å²) in [7, 11) is 1.44. The summed E-state index contributed by atoms with van der Waals surface area (Å²) in [6.45, 7) is 6.37. The van der Waals surface area contributed by atoms with Crippen molar-refractivity contribution in [2.75, 3.05) is 7.11 Å². The van der Waals surface area contributed by atoms with Crippen LogP contribution in [0.1, 0.15) is 37.9 Å². The van der Waals surface area contributed by atoms with E-state index in [4.69, 9.17) is 4.74 Å². The first kappa shape index (κ1) is 14.2. The molecule has 0 aliphatic heterocycles. The van der Waals surface area contributed by atoms with Crippen LogP contribution in [0.4, 0.5) is 0 Å². The average Bonchev–Trinajstić information content (AvgIpc) is 2.71. The molecular formula is C13H21NO2S. The lowest BCUT2D eigenvalue weighted by Gasteiger charge is -2.09. The molecule has 1 rings (SSSR count). The Bertz CT molecular complexity index is 360. The van der Waals surface area contributed by atoms with Gasteiger partial charge in [0, 0.05) is 11.8 Å². The number of rotatable bonds is 6. The van der Waals surface area contributed by atoms with E-state index in [9.17, 15) is 4.79 Å². The first-order valence-corrected chi connectivity index (χ1v) is 6.95. The number of carbonyl (C=O) groups is 1. The van der Waals surface area contributed by atoms with Crippen LogP contribution in [-0.4, -0.2) is 18.1 Å². The van der Waals surface area contributed by atoms with Crippen LogP contribution in [0, 0.1) is 11.8 Å². The van der Waals surface area contributed by atoms with Crippen LogP contribution in [0.15, 0.2) is 5.38 Å². The van der Waals surface area contributed by atoms with E-state index in [1.54, 1.807) is 11.3 Å². The maximum atomic E-state index is 11.5. The lowest BCUT2D eigenvalue weighted by Crippen LogP contribution is -2.17. The van der Waals surface area contributed by atoms with E-state index in [0.29, 0.717) is 12.3 Å². The minimum absolute atomic E-state index is 0.0574. The minimum atomic E-state index is -0.131. The van der Waals surface area contributed by atoms with Gasteiger partial charge in [-0.25, -0.2) is 4.98 Å². The summed E-state index contributed by atoms with van der Waals surface area (Å²) < 4.78 is 4.78. The lowest BCUT2D eigenvalue weighted by molar-refractivity contribution is -0.145. The summed E-state index contributed by atoms with van der Waals surface area (Å²) in [5, 5.41) is 3.14. The van der Waals surface area contributed by atoms with Crippen molar-refractivity contribution in [3.63, 3.8) is 0 Å². The van der Waals surface area contributed by atoms with Gasteiger partial charge in [-0.15, -0.1) is 11.3 Å². The number of hydrogen-bond acceptors (Lipinski definition) is 4. The summed E-state index contributed by atoms with van der Waals surface area (Å²) in [6, 6.07) is 0. The summed E-state index contributed by atoms with van der Waals surface area (Å²) >= 11 is 1.64. The van der Waals surface area contributed by atoms with Crippen LogP contribution >= 0.6 is 11.3 Å². The highest BCUT2D eigenvalue weighted by molar-refractivity contribution is 7.09. The van der Waals surface area contributed by atoms with Crippen molar-refractivity contribution in [1.82, 2.24) is 4.98 Å². The van der Waals surface area contributed by atoms with E-state index in [1.807, 2.05) is 6.92 Å². The number of thiazole rings is 1. The molecule has 0 aromatic carbocycles. The molecule has 0 spiro atoms. The Morgan fingerprint density at radius 2 is 2.18 bits per heavy atom. The van der Waals surface area contributed by atoms with Crippen LogP contribution in [0.3, 0.4) is 0 Å². The van der Waals surface area contributed by atoms with E-state index in [0.717, 1.165) is 23.5 Å². The molecule has 0 fully saturated rings. The van der Waals surface area contributed by atoms with Crippen LogP contribution in [0.5, 0.6) is 0 Å². The SMILES string of the molecule is CCC(Cc1nc(CC(C)C)cs1)C(=O)OC. The van der Waals surface area contributed by atoms with Gasteiger partial charge in [-0.2, -0.15) is 0 Å². The van der Waals surface area contributed by atoms with E-state index < -0.39 is 0 Å². The first-order valence-electron chi connectivity index (χ1n) is 6.07. The van der Waals surface area contributed by atoms with E-state index >= 15 is 0 Å². The fourth-order valence-electron chi connectivity index (χ4n) is 1.73. The second-order valence-corrected chi connectivity index (χ2v) is 5.61. The predicted molar refractivity (Wildman–Crippen MR) is 70.2 cm³/mol. The fourth-order valence-corrected chi connectivity index (χ4v) is 2.61. The molecular weight excluding hydrogens is 234 g/mol. The second-order valence-electron chi connectivity index (χ2n) is 4.66. The summed E-state index contributed by atoms with van der Waals surface area (Å²) in [4.78, 5) is 16.1. The van der Waals surface area contributed by atoms with Gasteiger partial charge in [0.2, 0.25) is 0 Å². The van der Waals surface area contributed by atoms with Crippen LogP contribution in [0.2, 0.25) is 0 Å². The third-order valence-electron chi connectivity index (χ3n) is 2.67. The van der Waals surface area contributed by atoms with Gasteiger partial charge in [0.05, 0.1) is 23.7 Å². The highest BCUT2D eigenvalue weighted by atomic mass is 32.1. The van der Waals surface area contributed by atoms with E-state index in [2.05, 4.69) is 24.2 Å². The number of carbonyl (C=O) groups excluding carboxylic acids is 1. The highest BCUT2D eigenvalue weighted by Crippen LogP contribution is 2.19. The van der Waals surface area contributed by atoms with Crippen molar-refractivity contribution >= 4 is 17.3 Å². The third kappa shape index (κ3) is 4.46. The molecule has 0 radical (unpaired) electrons. The molecule has 1 aromatic heterocycles. The van der Waals surface area contributed by atoms with Gasteiger partial charge < -0.3 is 4.74 Å². The van der Waals surface area contributed by atoms with Crippen molar-refractivity contribution in [2.24, 2.45) is 11.8 Å². The van der Waals surface area contributed by atoms with Gasteiger partial charge in [0.15, 0.2) is 0 Å². The molecule has 1 unspecified atom stereocenters. The monoisotopic (exact) mass is 255 g/mol. The number of nitrogens with zero attached hydrogens (tertiary/aromatic N) is 1. The molecule has 1 aromatic rings. The van der Waals surface area contributed by atoms with E-state index in [-0.39, 0.29) is 11.9 Å². The van der Waals surface area contributed by atoms with Crippen molar-refractivity contribution in [3.8, 4) is 0 Å². The van der Waals surface area contributed by atoms with Crippen molar-refractivity contribution in [3.05, 3.63) is 16.1 Å². The maximum absolute atomic E-state index is 11.5. The largest absolute Gasteiger partial charge is 0.469 e. The number of ether oxygens (including phenoxy) is 1. The number of hydrogen-bond donors (Lipinski definition) is 0. The third-order valence-corrected chi connectivity index (χ3v) is 3.58. The number of esters is 1. The van der Waals surface area contributed by atoms with Gasteiger partial charge in [-0.3, -0.25) is 4.79 Å². The van der Waals surface area contributed by atoms with Crippen molar-refractivity contribution in [2.45, 2.75) is 40.0 Å². The quantitative estimate of drug-likeness (QED) is 0.733. The molecule has 0 amide bonds. The molecule has 4 heteroatoms. The van der Waals surface area contributed by atoms with Gasteiger partial charge in [0.25, 0.3) is 0 Å². The van der Waals surface area contributed by atoms with Crippen molar-refractivity contribution < 1.29 is 9.53 Å². The Morgan fingerprint density at radius 3 is 2.71 bits per heavy atom. The Balaban J connectivity index is 2.61. The Hall–Kier alpha value is -0.900. The normalized spacial score (nSPS) is 12.8. The molecule has 96 valence electrons. The summed E-state index contributed by atoms with van der Waals surface area (Å²) in [5.41, 5.74) is 1.14. The molecule has 0 N–H and O–H groups in total. The molecule has 0 bridgehead atoms. The molecule has 0 saturated heterocycles. The predicted octanol–water partition coefficient (Wildman–Crippen LogP) is 3.08. The van der Waals surface area contributed by atoms with Gasteiger partial charge >= 0.3 is 5.97 Å². The van der Waals surface area contributed by atoms with E-state index in [1.165, 1.54) is 7.11 Å². The fraction of sp³-hybridized carbons (Fsp3) is 0.692. The van der Waals surface area contributed by atoms with Crippen LogP contribution < -0.4 is 0 Å². The maximum Gasteiger partial charge on any atom is 0.309 e. The number of aromatic nitrogens is 1. The average molecular weight is 255 g/mol. The second kappa shape index (κ2) is 6.74. The van der Waals surface area contributed by atoms with Crippen LogP contribution in [-0.2, 0) is 22.4 Å². The van der Waals surface area contributed by atoms with Gasteiger partial charge in [-0.05, 0) is 18.8 Å². The van der Waals surface area contributed by atoms with Crippen molar-refractivity contribution in [1.29, 1.82) is 0 Å². The Morgan fingerprint density at radius 1 is 1.47 bits per heavy atom. The minimum Gasteiger partial charge on any atom is -0.469 e. The molecule has 1 heterocycles. The Kier molecular flexibility index (Phi) is 5.62. The molecule has 1 atom stereocenters. The smallest absolute Gasteiger partial charge is 0.309 e. The summed E-state index contributed by atoms with van der Waals surface area (Å²) in [5.74, 6) is 0.429. The van der Waals surface area contributed by atoms with Gasteiger partial charge in [0.1, 0.15) is 0 Å². The molecule has 0 saturated carbocycles. The number of methoxy groups -OCH3 is 1. The highest BCUT2D eigenvalue weighted by Gasteiger charge is 2.19. The molecule has 0 aliphatic rings. The zero-order chi connectivity index (χ0) is 12.8. The zero-order valence-electron chi connectivity index (χ0n) is 11.0. The molecule has 0 aliphatic carbocycles. The standard InChI is InChI=1S/C13H21NO2S/c1-5-10(13(15)16-4)7-12-14-11(8-17-12)6-9(2)3/h8-10H,5-7H2,1-4H3. The molecule has 17 heavy (non-hydrogen) atoms. The first-order chi connectivity index (χ1) is 8.06. The molecule has 3 nitrogen and oxygen atoms in total. The topological polar surface area (TPSA) is 39.2 Å². The lowest BCUT2D eigenvalue weighted by atomic mass is 10.0. The Labute approximate surface area is 107 Å². The van der Waals surface area contributed by atoms with Crippen LogP contribution in [0.25, 0.3) is 0 Å².